The van der Waals surface area contributed by atoms with Crippen LogP contribution in [0.4, 0.5) is 0 Å². The highest BCUT2D eigenvalue weighted by Crippen LogP contribution is 2.09. The van der Waals surface area contributed by atoms with E-state index in [2.05, 4.69) is 4.98 Å². The van der Waals surface area contributed by atoms with Crippen molar-refractivity contribution >= 4 is 5.91 Å². The monoisotopic (exact) mass is 238 g/mol. The first kappa shape index (κ1) is 13.6. The molecule has 1 amide bonds. The second kappa shape index (κ2) is 6.32. The highest BCUT2D eigenvalue weighted by molar-refractivity contribution is 5.95. The van der Waals surface area contributed by atoms with Gasteiger partial charge in [-0.25, -0.2) is 0 Å². The molecule has 0 bridgehead atoms. The van der Waals surface area contributed by atoms with Crippen molar-refractivity contribution in [2.75, 3.05) is 26.3 Å². The number of rotatable bonds is 5. The van der Waals surface area contributed by atoms with E-state index in [0.29, 0.717) is 11.3 Å². The van der Waals surface area contributed by atoms with Gasteiger partial charge < -0.3 is 15.1 Å². The molecule has 94 valence electrons. The van der Waals surface area contributed by atoms with Gasteiger partial charge in [0.25, 0.3) is 5.91 Å². The van der Waals surface area contributed by atoms with Crippen molar-refractivity contribution in [1.29, 1.82) is 0 Å². The lowest BCUT2D eigenvalue weighted by Crippen LogP contribution is -2.36. The molecule has 1 aromatic rings. The molecule has 0 radical (unpaired) electrons. The van der Waals surface area contributed by atoms with E-state index in [4.69, 9.17) is 10.2 Å². The summed E-state index contributed by atoms with van der Waals surface area (Å²) in [6, 6.07) is 3.50. The Labute approximate surface area is 101 Å². The maximum absolute atomic E-state index is 12.1. The maximum atomic E-state index is 12.1. The van der Waals surface area contributed by atoms with E-state index >= 15 is 0 Å². The van der Waals surface area contributed by atoms with E-state index in [1.807, 2.05) is 6.92 Å². The van der Waals surface area contributed by atoms with Crippen molar-refractivity contribution in [3.8, 4) is 0 Å². The van der Waals surface area contributed by atoms with Crippen LogP contribution in [-0.2, 0) is 0 Å². The van der Waals surface area contributed by atoms with E-state index < -0.39 is 0 Å². The molecule has 0 spiro atoms. The van der Waals surface area contributed by atoms with Crippen LogP contribution in [0.2, 0.25) is 0 Å². The average Bonchev–Trinajstić information content (AvgIpc) is 2.28. The van der Waals surface area contributed by atoms with E-state index in [1.165, 1.54) is 4.90 Å². The first-order chi connectivity index (χ1) is 8.10. The van der Waals surface area contributed by atoms with Crippen molar-refractivity contribution in [2.45, 2.75) is 13.8 Å². The molecule has 2 N–H and O–H groups in total. The summed E-state index contributed by atoms with van der Waals surface area (Å²) in [6.07, 6.45) is 0. The van der Waals surface area contributed by atoms with Crippen LogP contribution >= 0.6 is 0 Å². The molecule has 0 unspecified atom stereocenters. The zero-order valence-electron chi connectivity index (χ0n) is 10.2. The van der Waals surface area contributed by atoms with Crippen molar-refractivity contribution in [2.24, 2.45) is 0 Å². The summed E-state index contributed by atoms with van der Waals surface area (Å²) < 4.78 is 0. The predicted octanol–water partition coefficient (Wildman–Crippen LogP) is 0.125. The Morgan fingerprint density at radius 3 is 2.29 bits per heavy atom. The zero-order valence-corrected chi connectivity index (χ0v) is 10.2. The zero-order chi connectivity index (χ0) is 12.8. The third-order valence-electron chi connectivity index (χ3n) is 2.48. The Balaban J connectivity index is 2.92. The number of carbonyl (C=O) groups excluding carboxylic acids is 1. The summed E-state index contributed by atoms with van der Waals surface area (Å²) in [5.74, 6) is -0.210. The van der Waals surface area contributed by atoms with Gasteiger partial charge in [-0.3, -0.25) is 9.78 Å². The average molecular weight is 238 g/mol. The van der Waals surface area contributed by atoms with Crippen LogP contribution in [-0.4, -0.2) is 52.3 Å². The SMILES string of the molecule is Cc1ccc(C(=O)N(CCO)CCO)c(C)n1. The van der Waals surface area contributed by atoms with Crippen LogP contribution in [0.1, 0.15) is 21.7 Å². The number of aliphatic hydroxyl groups excluding tert-OH is 2. The molecule has 1 aromatic heterocycles. The van der Waals surface area contributed by atoms with Crippen molar-refractivity contribution in [3.63, 3.8) is 0 Å². The number of aryl methyl sites for hydroxylation is 2. The largest absolute Gasteiger partial charge is 0.395 e. The molecule has 17 heavy (non-hydrogen) atoms. The molecule has 0 fully saturated rings. The van der Waals surface area contributed by atoms with Crippen LogP contribution < -0.4 is 0 Å². The Kier molecular flexibility index (Phi) is 5.06. The summed E-state index contributed by atoms with van der Waals surface area (Å²) in [4.78, 5) is 17.8. The number of pyridine rings is 1. The smallest absolute Gasteiger partial charge is 0.255 e. The van der Waals surface area contributed by atoms with Crippen LogP contribution in [0.3, 0.4) is 0 Å². The van der Waals surface area contributed by atoms with Crippen molar-refractivity contribution in [3.05, 3.63) is 29.1 Å². The number of nitrogens with zero attached hydrogens (tertiary/aromatic N) is 2. The molecule has 5 heteroatoms. The minimum absolute atomic E-state index is 0.121. The molecule has 0 saturated carbocycles. The molecule has 5 nitrogen and oxygen atoms in total. The molecule has 0 aliphatic heterocycles. The van der Waals surface area contributed by atoms with Gasteiger partial charge in [-0.2, -0.15) is 0 Å². The summed E-state index contributed by atoms with van der Waals surface area (Å²) in [5.41, 5.74) is 2.03. The lowest BCUT2D eigenvalue weighted by molar-refractivity contribution is 0.0683. The van der Waals surface area contributed by atoms with E-state index in [1.54, 1.807) is 19.1 Å². The third-order valence-corrected chi connectivity index (χ3v) is 2.48. The summed E-state index contributed by atoms with van der Waals surface area (Å²) >= 11 is 0. The van der Waals surface area contributed by atoms with Gasteiger partial charge in [0.05, 0.1) is 24.5 Å². The van der Waals surface area contributed by atoms with Crippen LogP contribution in [0.15, 0.2) is 12.1 Å². The molecular weight excluding hydrogens is 220 g/mol. The number of aliphatic hydroxyl groups is 2. The first-order valence-corrected chi connectivity index (χ1v) is 5.55. The molecule has 0 aliphatic rings. The maximum Gasteiger partial charge on any atom is 0.255 e. The summed E-state index contributed by atoms with van der Waals surface area (Å²) in [7, 11) is 0. The molecule has 1 heterocycles. The van der Waals surface area contributed by atoms with Crippen LogP contribution in [0.5, 0.6) is 0 Å². The molecule has 0 aliphatic carbocycles. The van der Waals surface area contributed by atoms with Gasteiger partial charge in [0.1, 0.15) is 0 Å². The lowest BCUT2D eigenvalue weighted by Gasteiger charge is -2.21. The topological polar surface area (TPSA) is 73.7 Å². The number of aromatic nitrogens is 1. The Morgan fingerprint density at radius 2 is 1.82 bits per heavy atom. The Hall–Kier alpha value is -1.46. The fourth-order valence-corrected chi connectivity index (χ4v) is 1.64. The molecule has 0 aromatic carbocycles. The standard InChI is InChI=1S/C12H18N2O3/c1-9-3-4-11(10(2)13-9)12(17)14(5-7-15)6-8-16/h3-4,15-16H,5-8H2,1-2H3. The lowest BCUT2D eigenvalue weighted by atomic mass is 10.1. The summed E-state index contributed by atoms with van der Waals surface area (Å²) in [5, 5.41) is 17.8. The van der Waals surface area contributed by atoms with Gasteiger partial charge in [-0.15, -0.1) is 0 Å². The fourth-order valence-electron chi connectivity index (χ4n) is 1.64. The van der Waals surface area contributed by atoms with E-state index in [0.717, 1.165) is 5.69 Å². The van der Waals surface area contributed by atoms with E-state index in [-0.39, 0.29) is 32.2 Å². The van der Waals surface area contributed by atoms with Gasteiger partial charge in [-0.1, -0.05) is 0 Å². The highest BCUT2D eigenvalue weighted by Gasteiger charge is 2.17. The van der Waals surface area contributed by atoms with Gasteiger partial charge in [-0.05, 0) is 26.0 Å². The van der Waals surface area contributed by atoms with Gasteiger partial charge in [0.2, 0.25) is 0 Å². The number of carbonyl (C=O) groups is 1. The van der Waals surface area contributed by atoms with Crippen molar-refractivity contribution < 1.29 is 15.0 Å². The first-order valence-electron chi connectivity index (χ1n) is 5.55. The van der Waals surface area contributed by atoms with Crippen molar-refractivity contribution in [1.82, 2.24) is 9.88 Å². The van der Waals surface area contributed by atoms with Gasteiger partial charge in [0, 0.05) is 18.8 Å². The molecule has 1 rings (SSSR count). The molecular formula is C12H18N2O3. The van der Waals surface area contributed by atoms with Gasteiger partial charge >= 0.3 is 0 Å². The van der Waals surface area contributed by atoms with Crippen LogP contribution in [0.25, 0.3) is 0 Å². The van der Waals surface area contributed by atoms with Crippen LogP contribution in [0, 0.1) is 13.8 Å². The summed E-state index contributed by atoms with van der Waals surface area (Å²) in [6.45, 7) is 3.82. The molecule has 0 saturated heterocycles. The minimum atomic E-state index is -0.210. The van der Waals surface area contributed by atoms with E-state index in [9.17, 15) is 4.79 Å². The second-order valence-electron chi connectivity index (χ2n) is 3.83. The minimum Gasteiger partial charge on any atom is -0.395 e. The number of hydrogen-bond acceptors (Lipinski definition) is 4. The molecule has 0 atom stereocenters. The Bertz CT molecular complexity index is 387. The Morgan fingerprint density at radius 1 is 1.24 bits per heavy atom. The highest BCUT2D eigenvalue weighted by atomic mass is 16.3. The quantitative estimate of drug-likeness (QED) is 0.764. The second-order valence-corrected chi connectivity index (χ2v) is 3.83. The number of hydrogen-bond donors (Lipinski definition) is 2. The third kappa shape index (κ3) is 3.51. The normalized spacial score (nSPS) is 10.4. The van der Waals surface area contributed by atoms with Gasteiger partial charge in [0.15, 0.2) is 0 Å². The number of amides is 1. The fraction of sp³-hybridized carbons (Fsp3) is 0.500. The predicted molar refractivity (Wildman–Crippen MR) is 63.8 cm³/mol.